The quantitative estimate of drug-likeness (QED) is 0.392. The SMILES string of the molecule is Cl.Cl.[CH2]=[Zr]([C]1=CC=CC1)([C]1=CC(CC)=C(CC)C1)([c]1ccccc1)[c]1ccccc1. The Labute approximate surface area is 194 Å². The summed E-state index contributed by atoms with van der Waals surface area (Å²) in [5.41, 5.74) is 3.15. The Bertz CT molecular complexity index is 1030. The van der Waals surface area contributed by atoms with Gasteiger partial charge in [-0.1, -0.05) is 0 Å². The van der Waals surface area contributed by atoms with Crippen molar-refractivity contribution in [3.05, 3.63) is 103 Å². The summed E-state index contributed by atoms with van der Waals surface area (Å²) in [5, 5.41) is 0. The van der Waals surface area contributed by atoms with Gasteiger partial charge in [-0.15, -0.1) is 24.8 Å². The van der Waals surface area contributed by atoms with Gasteiger partial charge in [-0.25, -0.2) is 0 Å². The topological polar surface area (TPSA) is 0 Å². The van der Waals surface area contributed by atoms with Gasteiger partial charge in [-0.3, -0.25) is 0 Å². The normalized spacial score (nSPS) is 16.0. The molecule has 0 fully saturated rings. The van der Waals surface area contributed by atoms with Crippen molar-refractivity contribution >= 4 is 35.6 Å². The van der Waals surface area contributed by atoms with Crippen LogP contribution in [0.3, 0.4) is 0 Å². The van der Waals surface area contributed by atoms with Crippen LogP contribution in [0.5, 0.6) is 0 Å². The number of rotatable bonds is 6. The molecule has 158 valence electrons. The van der Waals surface area contributed by atoms with Crippen LogP contribution >= 0.6 is 24.8 Å². The van der Waals surface area contributed by atoms with Crippen molar-refractivity contribution in [1.29, 1.82) is 0 Å². The summed E-state index contributed by atoms with van der Waals surface area (Å²) < 4.78 is 11.5. The monoisotopic (exact) mass is 516 g/mol. The first kappa shape index (κ1) is 25.0. The molecule has 0 aliphatic heterocycles. The van der Waals surface area contributed by atoms with Crippen molar-refractivity contribution in [2.45, 2.75) is 39.5 Å². The standard InChI is InChI=1S/C9H13.2C6H5.C5H5.CH2.2ClH.Zr/c1-3-8-6-5-7-9(8)4-2;2*1-2-4-6-5-3-1;1-2-4-5-3-1;;;;/h6H,3-4,7H2,1-2H3;2*1-5H;1-3H,4H2;1H2;2*1H;. The van der Waals surface area contributed by atoms with Crippen molar-refractivity contribution < 1.29 is 18.3 Å². The van der Waals surface area contributed by atoms with E-state index in [9.17, 15) is 0 Å². The molecule has 0 nitrogen and oxygen atoms in total. The fourth-order valence-corrected chi connectivity index (χ4v) is 20.6. The molecule has 3 heteroatoms. The first-order chi connectivity index (χ1) is 13.6. The zero-order chi connectivity index (χ0) is 19.6. The number of allylic oxidation sites excluding steroid dienone is 8. The van der Waals surface area contributed by atoms with Gasteiger partial charge in [-0.2, -0.15) is 0 Å². The Morgan fingerprint density at radius 2 is 1.37 bits per heavy atom. The van der Waals surface area contributed by atoms with E-state index in [2.05, 4.69) is 98.8 Å². The van der Waals surface area contributed by atoms with Crippen molar-refractivity contribution in [2.75, 3.05) is 0 Å². The summed E-state index contributed by atoms with van der Waals surface area (Å²) in [6.45, 7) is 4.59. The van der Waals surface area contributed by atoms with Gasteiger partial charge in [0.25, 0.3) is 0 Å². The van der Waals surface area contributed by atoms with Crippen molar-refractivity contribution in [3.63, 3.8) is 0 Å². The van der Waals surface area contributed by atoms with E-state index >= 15 is 0 Å². The van der Waals surface area contributed by atoms with Gasteiger partial charge < -0.3 is 0 Å². The summed E-state index contributed by atoms with van der Waals surface area (Å²) in [6, 6.07) is 22.4. The molecule has 0 N–H and O–H groups in total. The van der Waals surface area contributed by atoms with E-state index in [1.807, 2.05) is 0 Å². The molecule has 4 rings (SSSR count). The van der Waals surface area contributed by atoms with Crippen molar-refractivity contribution in [2.24, 2.45) is 0 Å². The van der Waals surface area contributed by atoms with Crippen LogP contribution in [0.1, 0.15) is 39.5 Å². The van der Waals surface area contributed by atoms with E-state index in [0.29, 0.717) is 0 Å². The summed E-state index contributed by atoms with van der Waals surface area (Å²) in [6.07, 6.45) is 13.8. The molecule has 2 aliphatic carbocycles. The van der Waals surface area contributed by atoms with Crippen LogP contribution in [0, 0.1) is 0 Å². The van der Waals surface area contributed by atoms with Gasteiger partial charge in [-0.05, 0) is 0 Å². The summed E-state index contributed by atoms with van der Waals surface area (Å²) in [7, 11) is 0. The minimum absolute atomic E-state index is 0. The molecule has 0 heterocycles. The molecule has 0 atom stereocenters. The average molecular weight is 519 g/mol. The number of hydrogen-bond acceptors (Lipinski definition) is 0. The first-order valence-electron chi connectivity index (χ1n) is 10.5. The molecular weight excluding hydrogens is 486 g/mol. The molecule has 0 aromatic heterocycles. The predicted molar refractivity (Wildman–Crippen MR) is 136 cm³/mol. The van der Waals surface area contributed by atoms with Crippen LogP contribution in [0.2, 0.25) is 0 Å². The van der Waals surface area contributed by atoms with Crippen LogP contribution in [0.4, 0.5) is 0 Å². The maximum atomic E-state index is 5.35. The zero-order valence-electron chi connectivity index (χ0n) is 17.9. The second-order valence-corrected chi connectivity index (χ2v) is 21.4. The Morgan fingerprint density at radius 3 is 1.77 bits per heavy atom. The number of benzene rings is 2. The Hall–Kier alpha value is -1.27. The van der Waals surface area contributed by atoms with Gasteiger partial charge in [0.1, 0.15) is 0 Å². The molecule has 30 heavy (non-hydrogen) atoms. The van der Waals surface area contributed by atoms with E-state index in [0.717, 1.165) is 25.7 Å². The molecule has 2 aromatic carbocycles. The fourth-order valence-electron chi connectivity index (χ4n) is 5.35. The van der Waals surface area contributed by atoms with E-state index in [4.69, 9.17) is 4.21 Å². The zero-order valence-corrected chi connectivity index (χ0v) is 22.0. The van der Waals surface area contributed by atoms with Gasteiger partial charge in [0, 0.05) is 0 Å². The molecule has 0 saturated heterocycles. The van der Waals surface area contributed by atoms with Gasteiger partial charge in [0.15, 0.2) is 0 Å². The number of halogens is 2. The molecule has 0 amide bonds. The van der Waals surface area contributed by atoms with Gasteiger partial charge in [0.05, 0.1) is 0 Å². The predicted octanol–water partition coefficient (Wildman–Crippen LogP) is 6.85. The van der Waals surface area contributed by atoms with E-state index < -0.39 is 18.3 Å². The number of hydrogen-bond donors (Lipinski definition) is 0. The third-order valence-electron chi connectivity index (χ3n) is 7.02. The van der Waals surface area contributed by atoms with Gasteiger partial charge >= 0.3 is 171 Å². The van der Waals surface area contributed by atoms with Crippen LogP contribution in [-0.2, 0) is 18.3 Å². The molecular formula is C27H32Cl2Zr. The van der Waals surface area contributed by atoms with Crippen LogP contribution in [0.15, 0.2) is 103 Å². The van der Waals surface area contributed by atoms with E-state index in [1.54, 1.807) is 17.7 Å². The second kappa shape index (κ2) is 9.90. The first-order valence-corrected chi connectivity index (χ1v) is 17.2. The van der Waals surface area contributed by atoms with Crippen LogP contribution in [0.25, 0.3) is 0 Å². The maximum absolute atomic E-state index is 5.35. The third kappa shape index (κ3) is 3.64. The molecule has 0 saturated carbocycles. The molecule has 0 unspecified atom stereocenters. The summed E-state index contributed by atoms with van der Waals surface area (Å²) in [5.74, 6) is 0. The Kier molecular flexibility index (Phi) is 8.25. The van der Waals surface area contributed by atoms with Crippen LogP contribution in [-0.4, -0.2) is 4.21 Å². The Balaban J connectivity index is 0.00000160. The fraction of sp³-hybridized carbons (Fsp3) is 0.222. The molecule has 2 aromatic rings. The van der Waals surface area contributed by atoms with Crippen molar-refractivity contribution in [3.8, 4) is 0 Å². The van der Waals surface area contributed by atoms with Crippen molar-refractivity contribution in [1.82, 2.24) is 0 Å². The summed E-state index contributed by atoms with van der Waals surface area (Å²) >= 11 is -4.17. The van der Waals surface area contributed by atoms with E-state index in [-0.39, 0.29) is 24.8 Å². The molecule has 2 aliphatic rings. The molecule has 0 radical (unpaired) electrons. The second-order valence-electron chi connectivity index (χ2n) is 8.20. The van der Waals surface area contributed by atoms with Gasteiger partial charge in [0.2, 0.25) is 0 Å². The average Bonchev–Trinajstić information content (AvgIpc) is 3.45. The minimum atomic E-state index is -4.17. The Morgan fingerprint density at radius 1 is 0.800 bits per heavy atom. The van der Waals surface area contributed by atoms with Crippen LogP contribution < -0.4 is 6.54 Å². The summed E-state index contributed by atoms with van der Waals surface area (Å²) in [4.78, 5) is 0. The molecule has 0 bridgehead atoms. The van der Waals surface area contributed by atoms with E-state index in [1.165, 1.54) is 6.54 Å². The third-order valence-corrected chi connectivity index (χ3v) is 23.6. The molecule has 0 spiro atoms.